The van der Waals surface area contributed by atoms with Gasteiger partial charge in [-0.25, -0.2) is 0 Å². The predicted molar refractivity (Wildman–Crippen MR) is 126 cm³/mol. The van der Waals surface area contributed by atoms with E-state index in [-0.39, 0.29) is 11.3 Å². The molecule has 0 bridgehead atoms. The topological polar surface area (TPSA) is 99.3 Å². The number of carbonyl (C=O) groups is 1. The molecule has 1 aliphatic heterocycles. The summed E-state index contributed by atoms with van der Waals surface area (Å²) in [7, 11) is -2.43. The number of primary amides is 1. The molecule has 1 aliphatic rings. The lowest BCUT2D eigenvalue weighted by Crippen LogP contribution is -2.19. The molecule has 1 aromatic heterocycles. The van der Waals surface area contributed by atoms with Crippen LogP contribution in [0.4, 0.5) is 0 Å². The monoisotopic (exact) mass is 426 g/mol. The summed E-state index contributed by atoms with van der Waals surface area (Å²) in [5, 5.41) is 0.990. The van der Waals surface area contributed by atoms with Gasteiger partial charge in [0.25, 0.3) is 5.91 Å². The maximum Gasteiger partial charge on any atom is 0.250 e. The number of hydrogen-bond acceptors (Lipinski definition) is 3. The third-order valence-corrected chi connectivity index (χ3v) is 7.98. The molecule has 0 spiro atoms. The molecule has 2 heterocycles. The minimum absolute atomic E-state index is 0.0757. The lowest BCUT2D eigenvalue weighted by molar-refractivity contribution is 0.100. The van der Waals surface area contributed by atoms with Gasteiger partial charge in [0.1, 0.15) is 0 Å². The van der Waals surface area contributed by atoms with Crippen molar-refractivity contribution in [2.45, 2.75) is 44.9 Å². The van der Waals surface area contributed by atoms with Crippen molar-refractivity contribution in [1.82, 2.24) is 4.98 Å². The van der Waals surface area contributed by atoms with Crippen molar-refractivity contribution < 1.29 is 13.9 Å². The average Bonchev–Trinajstić information content (AvgIpc) is 3.10. The maximum atomic E-state index is 12.2. The second kappa shape index (κ2) is 7.45. The van der Waals surface area contributed by atoms with Crippen molar-refractivity contribution >= 4 is 27.4 Å². The number of H-pyrrole nitrogens is 1. The van der Waals surface area contributed by atoms with E-state index in [0.29, 0.717) is 17.1 Å². The zero-order chi connectivity index (χ0) is 21.7. The Morgan fingerprint density at radius 3 is 2.27 bits per heavy atom. The quantitative estimate of drug-likeness (QED) is 0.422. The van der Waals surface area contributed by atoms with E-state index >= 15 is 0 Å². The minimum atomic E-state index is -2.43. The molecule has 30 heavy (non-hydrogen) atoms. The van der Waals surface area contributed by atoms with Gasteiger partial charge in [0, 0.05) is 23.1 Å². The largest absolute Gasteiger partial charge is 0.366 e. The van der Waals surface area contributed by atoms with E-state index in [4.69, 9.17) is 5.73 Å². The second-order valence-corrected chi connectivity index (χ2v) is 11.8. The molecule has 160 valence electrons. The van der Waals surface area contributed by atoms with Crippen molar-refractivity contribution in [3.63, 3.8) is 0 Å². The Bertz CT molecular complexity index is 1080. The number of benzene rings is 2. The summed E-state index contributed by atoms with van der Waals surface area (Å²) in [6.45, 7) is 6.56. The Balaban J connectivity index is 1.79. The summed E-state index contributed by atoms with van der Waals surface area (Å²) in [5.74, 6) is 0.638. The minimum Gasteiger partial charge on any atom is -0.366 e. The third kappa shape index (κ3) is 4.00. The second-order valence-electron chi connectivity index (χ2n) is 9.37. The molecule has 4 rings (SSSR count). The highest BCUT2D eigenvalue weighted by Crippen LogP contribution is 2.49. The fraction of sp³-hybridized carbons (Fsp3) is 0.375. The maximum absolute atomic E-state index is 12.2. The highest BCUT2D eigenvalue weighted by Gasteiger charge is 2.27. The molecule has 0 aliphatic carbocycles. The third-order valence-electron chi connectivity index (χ3n) is 6.20. The van der Waals surface area contributed by atoms with Crippen LogP contribution < -0.4 is 5.73 Å². The highest BCUT2D eigenvalue weighted by atomic mass is 32.3. The average molecular weight is 427 g/mol. The Morgan fingerprint density at radius 2 is 1.70 bits per heavy atom. The van der Waals surface area contributed by atoms with Gasteiger partial charge in [0.15, 0.2) is 0 Å². The van der Waals surface area contributed by atoms with Crippen LogP contribution in [-0.2, 0) is 5.41 Å². The van der Waals surface area contributed by atoms with Crippen LogP contribution in [0.1, 0.15) is 61.0 Å². The summed E-state index contributed by atoms with van der Waals surface area (Å²) in [5.41, 5.74) is 11.4. The van der Waals surface area contributed by atoms with Gasteiger partial charge < -0.3 is 10.7 Å². The van der Waals surface area contributed by atoms with Crippen LogP contribution in [0, 0.1) is 0 Å². The van der Waals surface area contributed by atoms with E-state index in [0.717, 1.165) is 40.4 Å². The van der Waals surface area contributed by atoms with Crippen LogP contribution in [0.25, 0.3) is 22.0 Å². The smallest absolute Gasteiger partial charge is 0.250 e. The van der Waals surface area contributed by atoms with Crippen LogP contribution in [0.5, 0.6) is 0 Å². The van der Waals surface area contributed by atoms with Crippen LogP contribution in [-0.4, -0.2) is 31.5 Å². The molecule has 1 fully saturated rings. The first-order valence-electron chi connectivity index (χ1n) is 10.3. The van der Waals surface area contributed by atoms with Crippen molar-refractivity contribution in [2.24, 2.45) is 5.73 Å². The van der Waals surface area contributed by atoms with Crippen molar-refractivity contribution in [3.05, 3.63) is 59.3 Å². The first-order valence-corrected chi connectivity index (χ1v) is 12.2. The zero-order valence-electron chi connectivity index (χ0n) is 17.7. The van der Waals surface area contributed by atoms with Crippen molar-refractivity contribution in [3.8, 4) is 11.1 Å². The molecule has 3 aromatic rings. The van der Waals surface area contributed by atoms with Gasteiger partial charge in [-0.15, -0.1) is 0 Å². The SMILES string of the molecule is CC(C)(C)c1ccc(-c2cc(C(N)=O)c3[nH]cc(C4CCS(O)(O)CC4)c3c2)cc1. The van der Waals surface area contributed by atoms with Crippen molar-refractivity contribution in [2.75, 3.05) is 11.5 Å². The summed E-state index contributed by atoms with van der Waals surface area (Å²) >= 11 is 0. The summed E-state index contributed by atoms with van der Waals surface area (Å²) in [6, 6.07) is 12.4. The van der Waals surface area contributed by atoms with E-state index in [1.54, 1.807) is 0 Å². The van der Waals surface area contributed by atoms with Gasteiger partial charge in [0.05, 0.1) is 11.1 Å². The van der Waals surface area contributed by atoms with E-state index in [1.165, 1.54) is 5.56 Å². The number of aromatic amines is 1. The molecule has 0 atom stereocenters. The van der Waals surface area contributed by atoms with Crippen LogP contribution in [0.3, 0.4) is 0 Å². The number of carbonyl (C=O) groups excluding carboxylic acids is 1. The lowest BCUT2D eigenvalue weighted by Gasteiger charge is -2.39. The molecular formula is C24H30N2O3S. The highest BCUT2D eigenvalue weighted by molar-refractivity contribution is 8.24. The van der Waals surface area contributed by atoms with Gasteiger partial charge in [-0.1, -0.05) is 45.0 Å². The lowest BCUT2D eigenvalue weighted by atomic mass is 9.86. The summed E-state index contributed by atoms with van der Waals surface area (Å²) in [6.07, 6.45) is 3.41. The van der Waals surface area contributed by atoms with Crippen LogP contribution in [0.2, 0.25) is 0 Å². The Kier molecular flexibility index (Phi) is 5.21. The summed E-state index contributed by atoms with van der Waals surface area (Å²) < 4.78 is 19.9. The fourth-order valence-corrected chi connectivity index (χ4v) is 5.86. The molecule has 5 N–H and O–H groups in total. The standard InChI is InChI=1S/C24H30N2O3S/c1-24(2,3)18-6-4-15(5-7-18)17-12-19-21(16-8-10-30(28,29)11-9-16)14-26-22(19)20(13-17)23(25)27/h4-7,12-14,16,26,28-29H,8-11H2,1-3H3,(H2,25,27). The van der Waals surface area contributed by atoms with Gasteiger partial charge in [-0.2, -0.15) is 10.6 Å². The summed E-state index contributed by atoms with van der Waals surface area (Å²) in [4.78, 5) is 15.4. The fourth-order valence-electron chi connectivity index (χ4n) is 4.33. The van der Waals surface area contributed by atoms with Gasteiger partial charge >= 0.3 is 0 Å². The van der Waals surface area contributed by atoms with E-state index in [2.05, 4.69) is 56.1 Å². The molecule has 5 nitrogen and oxygen atoms in total. The Labute approximate surface area is 179 Å². The molecule has 0 unspecified atom stereocenters. The number of nitrogens with two attached hydrogens (primary N) is 1. The molecular weight excluding hydrogens is 396 g/mol. The zero-order valence-corrected chi connectivity index (χ0v) is 18.6. The molecule has 1 saturated heterocycles. The first kappa shape index (κ1) is 21.0. The van der Waals surface area contributed by atoms with Gasteiger partial charge in [-0.3, -0.25) is 13.9 Å². The van der Waals surface area contributed by atoms with E-state index < -0.39 is 16.5 Å². The van der Waals surface area contributed by atoms with E-state index in [9.17, 15) is 13.9 Å². The number of hydrogen-bond donors (Lipinski definition) is 4. The van der Waals surface area contributed by atoms with E-state index in [1.807, 2.05) is 12.3 Å². The Hall–Kier alpha value is -2.28. The number of aromatic nitrogens is 1. The molecule has 0 saturated carbocycles. The Morgan fingerprint density at radius 1 is 1.07 bits per heavy atom. The molecule has 6 heteroatoms. The predicted octanol–water partition coefficient (Wildman–Crippen LogP) is 5.86. The van der Waals surface area contributed by atoms with Crippen molar-refractivity contribution in [1.29, 1.82) is 0 Å². The van der Waals surface area contributed by atoms with Crippen LogP contribution in [0.15, 0.2) is 42.6 Å². The van der Waals surface area contributed by atoms with Gasteiger partial charge in [0.2, 0.25) is 0 Å². The number of fused-ring (bicyclic) bond motifs is 1. The first-order chi connectivity index (χ1) is 14.0. The number of nitrogens with one attached hydrogen (secondary N) is 1. The number of rotatable bonds is 3. The van der Waals surface area contributed by atoms with Gasteiger partial charge in [-0.05, 0) is 58.6 Å². The molecule has 0 radical (unpaired) electrons. The normalized spacial score (nSPS) is 18.4. The van der Waals surface area contributed by atoms with Crippen LogP contribution >= 0.6 is 10.6 Å². The molecule has 2 aromatic carbocycles. The molecule has 1 amide bonds. The number of amides is 1.